The SMILES string of the molecule is CC(C)Sc1nc(C(F)(F)F)ccc1C(N)=O. The molecule has 0 radical (unpaired) electrons. The molecule has 0 aromatic carbocycles. The molecule has 1 heterocycles. The van der Waals surface area contributed by atoms with Crippen LogP contribution < -0.4 is 5.73 Å². The summed E-state index contributed by atoms with van der Waals surface area (Å²) in [4.78, 5) is 14.5. The zero-order valence-corrected chi connectivity index (χ0v) is 10.0. The van der Waals surface area contributed by atoms with Crippen LogP contribution >= 0.6 is 11.8 Å². The van der Waals surface area contributed by atoms with Crippen LogP contribution in [0.2, 0.25) is 0 Å². The molecule has 1 aromatic heterocycles. The van der Waals surface area contributed by atoms with Gasteiger partial charge in [-0.2, -0.15) is 13.2 Å². The maximum atomic E-state index is 12.5. The van der Waals surface area contributed by atoms with E-state index in [9.17, 15) is 18.0 Å². The molecule has 1 rings (SSSR count). The van der Waals surface area contributed by atoms with Crippen molar-refractivity contribution in [1.82, 2.24) is 4.98 Å². The number of nitrogens with zero attached hydrogens (tertiary/aromatic N) is 1. The van der Waals surface area contributed by atoms with Gasteiger partial charge in [-0.15, -0.1) is 11.8 Å². The third-order valence-corrected chi connectivity index (χ3v) is 2.77. The predicted octanol–water partition coefficient (Wildman–Crippen LogP) is 2.70. The minimum atomic E-state index is -4.53. The second-order valence-corrected chi connectivity index (χ2v) is 5.14. The molecular weight excluding hydrogens is 253 g/mol. The number of thioether (sulfide) groups is 1. The molecule has 0 saturated carbocycles. The molecule has 0 bridgehead atoms. The number of carbonyl (C=O) groups excluding carboxylic acids is 1. The summed E-state index contributed by atoms with van der Waals surface area (Å²) >= 11 is 1.07. The molecule has 0 unspecified atom stereocenters. The van der Waals surface area contributed by atoms with Gasteiger partial charge < -0.3 is 5.73 Å². The molecule has 1 aromatic rings. The number of alkyl halides is 3. The van der Waals surface area contributed by atoms with Gasteiger partial charge in [0.1, 0.15) is 10.7 Å². The Balaban J connectivity index is 3.24. The van der Waals surface area contributed by atoms with Crippen LogP contribution in [0.1, 0.15) is 29.9 Å². The largest absolute Gasteiger partial charge is 0.433 e. The van der Waals surface area contributed by atoms with Crippen molar-refractivity contribution >= 4 is 17.7 Å². The number of halogens is 3. The topological polar surface area (TPSA) is 56.0 Å². The molecule has 0 aliphatic carbocycles. The summed E-state index contributed by atoms with van der Waals surface area (Å²) in [5, 5.41) is 0.0198. The van der Waals surface area contributed by atoms with Crippen LogP contribution in [0, 0.1) is 0 Å². The van der Waals surface area contributed by atoms with E-state index in [4.69, 9.17) is 5.73 Å². The summed E-state index contributed by atoms with van der Waals surface area (Å²) in [6.45, 7) is 3.58. The maximum Gasteiger partial charge on any atom is 0.433 e. The Labute approximate surface area is 101 Å². The van der Waals surface area contributed by atoms with Crippen LogP contribution in [-0.4, -0.2) is 16.1 Å². The fourth-order valence-corrected chi connectivity index (χ4v) is 1.99. The second-order valence-electron chi connectivity index (χ2n) is 3.58. The monoisotopic (exact) mass is 264 g/mol. The van der Waals surface area contributed by atoms with Crippen LogP contribution in [0.5, 0.6) is 0 Å². The van der Waals surface area contributed by atoms with Gasteiger partial charge in [-0.3, -0.25) is 4.79 Å². The lowest BCUT2D eigenvalue weighted by Crippen LogP contribution is -2.16. The molecule has 94 valence electrons. The van der Waals surface area contributed by atoms with Crippen molar-refractivity contribution in [2.45, 2.75) is 30.3 Å². The van der Waals surface area contributed by atoms with Crippen molar-refractivity contribution in [3.63, 3.8) is 0 Å². The van der Waals surface area contributed by atoms with E-state index in [1.54, 1.807) is 13.8 Å². The highest BCUT2D eigenvalue weighted by atomic mass is 32.2. The Morgan fingerprint density at radius 3 is 2.41 bits per heavy atom. The maximum absolute atomic E-state index is 12.5. The molecule has 0 fully saturated rings. The minimum absolute atomic E-state index is 0.00378. The molecule has 2 N–H and O–H groups in total. The second kappa shape index (κ2) is 4.95. The van der Waals surface area contributed by atoms with Gasteiger partial charge in [0.05, 0.1) is 5.56 Å². The van der Waals surface area contributed by atoms with Crippen molar-refractivity contribution in [3.8, 4) is 0 Å². The average molecular weight is 264 g/mol. The number of hydrogen-bond acceptors (Lipinski definition) is 3. The van der Waals surface area contributed by atoms with Gasteiger partial charge in [0.2, 0.25) is 0 Å². The molecule has 7 heteroatoms. The van der Waals surface area contributed by atoms with Crippen molar-refractivity contribution in [2.75, 3.05) is 0 Å². The molecule has 3 nitrogen and oxygen atoms in total. The Hall–Kier alpha value is -1.24. The van der Waals surface area contributed by atoms with Gasteiger partial charge in [0, 0.05) is 5.25 Å². The summed E-state index contributed by atoms with van der Waals surface area (Å²) in [7, 11) is 0. The van der Waals surface area contributed by atoms with Crippen LogP contribution in [-0.2, 0) is 6.18 Å². The van der Waals surface area contributed by atoms with Crippen LogP contribution in [0.25, 0.3) is 0 Å². The highest BCUT2D eigenvalue weighted by molar-refractivity contribution is 7.99. The summed E-state index contributed by atoms with van der Waals surface area (Å²) < 4.78 is 37.4. The first-order valence-corrected chi connectivity index (χ1v) is 5.64. The number of carbonyl (C=O) groups is 1. The molecular formula is C10H11F3N2OS. The van der Waals surface area contributed by atoms with E-state index in [0.717, 1.165) is 23.9 Å². The van der Waals surface area contributed by atoms with E-state index < -0.39 is 17.8 Å². The van der Waals surface area contributed by atoms with E-state index in [0.29, 0.717) is 0 Å². The predicted molar refractivity (Wildman–Crippen MR) is 58.7 cm³/mol. The van der Waals surface area contributed by atoms with E-state index in [1.165, 1.54) is 0 Å². The fourth-order valence-electron chi connectivity index (χ4n) is 1.10. The van der Waals surface area contributed by atoms with Gasteiger partial charge in [0.15, 0.2) is 0 Å². The normalized spacial score (nSPS) is 11.9. The first kappa shape index (κ1) is 13.8. The van der Waals surface area contributed by atoms with Crippen LogP contribution in [0.4, 0.5) is 13.2 Å². The van der Waals surface area contributed by atoms with Crippen molar-refractivity contribution in [2.24, 2.45) is 5.73 Å². The number of pyridine rings is 1. The highest BCUT2D eigenvalue weighted by Crippen LogP contribution is 2.31. The number of rotatable bonds is 3. The summed E-state index contributed by atoms with van der Waals surface area (Å²) in [6, 6.07) is 1.81. The van der Waals surface area contributed by atoms with Gasteiger partial charge in [-0.1, -0.05) is 13.8 Å². The summed E-state index contributed by atoms with van der Waals surface area (Å²) in [5.41, 5.74) is 4.06. The summed E-state index contributed by atoms with van der Waals surface area (Å²) in [5.74, 6) is -0.783. The van der Waals surface area contributed by atoms with E-state index in [1.807, 2.05) is 0 Å². The first-order valence-electron chi connectivity index (χ1n) is 4.76. The molecule has 0 aliphatic heterocycles. The van der Waals surface area contributed by atoms with Crippen LogP contribution in [0.15, 0.2) is 17.2 Å². The van der Waals surface area contributed by atoms with Crippen molar-refractivity contribution in [1.29, 1.82) is 0 Å². The number of nitrogens with two attached hydrogens (primary N) is 1. The fraction of sp³-hybridized carbons (Fsp3) is 0.400. The molecule has 17 heavy (non-hydrogen) atoms. The first-order chi connectivity index (χ1) is 7.71. The molecule has 1 amide bonds. The van der Waals surface area contributed by atoms with Crippen molar-refractivity contribution < 1.29 is 18.0 Å². The third-order valence-electron chi connectivity index (χ3n) is 1.76. The average Bonchev–Trinajstić information content (AvgIpc) is 2.14. The van der Waals surface area contributed by atoms with E-state index in [-0.39, 0.29) is 15.8 Å². The third kappa shape index (κ3) is 3.62. The standard InChI is InChI=1S/C10H11F3N2OS/c1-5(2)17-9-6(8(14)16)3-4-7(15-9)10(11,12)13/h3-5H,1-2H3,(H2,14,16). The Kier molecular flexibility index (Phi) is 4.03. The summed E-state index contributed by atoms with van der Waals surface area (Å²) in [6.07, 6.45) is -4.53. The number of hydrogen-bond donors (Lipinski definition) is 1. The number of aromatic nitrogens is 1. The van der Waals surface area contributed by atoms with Gasteiger partial charge in [-0.25, -0.2) is 4.98 Å². The zero-order chi connectivity index (χ0) is 13.2. The minimum Gasteiger partial charge on any atom is -0.366 e. The molecule has 0 spiro atoms. The highest BCUT2D eigenvalue weighted by Gasteiger charge is 2.33. The van der Waals surface area contributed by atoms with Crippen LogP contribution in [0.3, 0.4) is 0 Å². The zero-order valence-electron chi connectivity index (χ0n) is 9.21. The molecule has 0 saturated heterocycles. The number of amides is 1. The lowest BCUT2D eigenvalue weighted by molar-refractivity contribution is -0.141. The lowest BCUT2D eigenvalue weighted by atomic mass is 10.2. The Bertz CT molecular complexity index is 432. The lowest BCUT2D eigenvalue weighted by Gasteiger charge is -2.11. The quantitative estimate of drug-likeness (QED) is 0.854. The Morgan fingerprint density at radius 2 is 2.00 bits per heavy atom. The van der Waals surface area contributed by atoms with Gasteiger partial charge in [-0.05, 0) is 12.1 Å². The van der Waals surface area contributed by atoms with Gasteiger partial charge in [0.25, 0.3) is 5.91 Å². The van der Waals surface area contributed by atoms with E-state index in [2.05, 4.69) is 4.98 Å². The van der Waals surface area contributed by atoms with Gasteiger partial charge >= 0.3 is 6.18 Å². The molecule has 0 atom stereocenters. The smallest absolute Gasteiger partial charge is 0.366 e. The Morgan fingerprint density at radius 1 is 1.41 bits per heavy atom. The molecule has 0 aliphatic rings. The number of primary amides is 1. The van der Waals surface area contributed by atoms with E-state index >= 15 is 0 Å². The van der Waals surface area contributed by atoms with Crippen molar-refractivity contribution in [3.05, 3.63) is 23.4 Å².